The molecule has 0 atom stereocenters. The third kappa shape index (κ3) is 7.33. The molecule has 0 aromatic rings. The van der Waals surface area contributed by atoms with Crippen LogP contribution in [0.5, 0.6) is 0 Å². The molecular weight excluding hydrogens is 240 g/mol. The molecule has 3 N–H and O–H groups in total. The number of hydrogen-bond donors (Lipinski definition) is 2. The Morgan fingerprint density at radius 3 is 2.29 bits per heavy atom. The van der Waals surface area contributed by atoms with Crippen molar-refractivity contribution in [3.63, 3.8) is 0 Å². The Bertz CT molecular complexity index is 333. The SMILES string of the molecule is NS(=O)(=O)CCNC(=O)CC1CCCCCC1. The van der Waals surface area contributed by atoms with Gasteiger partial charge >= 0.3 is 0 Å². The zero-order chi connectivity index (χ0) is 12.7. The summed E-state index contributed by atoms with van der Waals surface area (Å²) in [4.78, 5) is 11.6. The summed E-state index contributed by atoms with van der Waals surface area (Å²) in [7, 11) is -3.47. The third-order valence-electron chi connectivity index (χ3n) is 3.16. The monoisotopic (exact) mass is 262 g/mol. The van der Waals surface area contributed by atoms with Crippen LogP contribution in [0.1, 0.15) is 44.9 Å². The first-order chi connectivity index (χ1) is 7.97. The van der Waals surface area contributed by atoms with E-state index in [0.717, 1.165) is 12.8 Å². The highest BCUT2D eigenvalue weighted by atomic mass is 32.2. The lowest BCUT2D eigenvalue weighted by Crippen LogP contribution is -2.32. The fourth-order valence-corrected chi connectivity index (χ4v) is 2.62. The van der Waals surface area contributed by atoms with Crippen LogP contribution >= 0.6 is 0 Å². The molecule has 0 unspecified atom stereocenters. The molecule has 1 rings (SSSR count). The van der Waals surface area contributed by atoms with E-state index in [4.69, 9.17) is 5.14 Å². The quantitative estimate of drug-likeness (QED) is 0.716. The molecule has 1 fully saturated rings. The summed E-state index contributed by atoms with van der Waals surface area (Å²) in [6.07, 6.45) is 7.69. The molecule has 0 aliphatic heterocycles. The number of carbonyl (C=O) groups excluding carboxylic acids is 1. The molecule has 6 heteroatoms. The maximum absolute atomic E-state index is 11.6. The first-order valence-corrected chi connectivity index (χ1v) is 7.96. The van der Waals surface area contributed by atoms with Crippen molar-refractivity contribution < 1.29 is 13.2 Å². The van der Waals surface area contributed by atoms with Gasteiger partial charge < -0.3 is 5.32 Å². The molecule has 0 aromatic carbocycles. The number of carbonyl (C=O) groups is 1. The van der Waals surface area contributed by atoms with E-state index in [9.17, 15) is 13.2 Å². The van der Waals surface area contributed by atoms with Crippen molar-refractivity contribution in [3.8, 4) is 0 Å². The zero-order valence-electron chi connectivity index (χ0n) is 10.2. The Morgan fingerprint density at radius 1 is 1.18 bits per heavy atom. The molecule has 0 heterocycles. The highest BCUT2D eigenvalue weighted by Crippen LogP contribution is 2.25. The predicted molar refractivity (Wildman–Crippen MR) is 66.8 cm³/mol. The van der Waals surface area contributed by atoms with Crippen molar-refractivity contribution in [1.29, 1.82) is 0 Å². The van der Waals surface area contributed by atoms with Crippen molar-refractivity contribution in [1.82, 2.24) is 5.32 Å². The van der Waals surface area contributed by atoms with Crippen LogP contribution in [0.3, 0.4) is 0 Å². The zero-order valence-corrected chi connectivity index (χ0v) is 11.0. The number of nitrogens with two attached hydrogens (primary N) is 1. The molecule has 0 radical (unpaired) electrons. The number of nitrogens with one attached hydrogen (secondary N) is 1. The molecule has 1 saturated carbocycles. The van der Waals surface area contributed by atoms with Gasteiger partial charge in [-0.3, -0.25) is 4.79 Å². The summed E-state index contributed by atoms with van der Waals surface area (Å²) in [6.45, 7) is 0.115. The maximum atomic E-state index is 11.6. The molecule has 0 spiro atoms. The smallest absolute Gasteiger partial charge is 0.220 e. The minimum absolute atomic E-state index is 0.0550. The molecule has 1 aliphatic rings. The van der Waals surface area contributed by atoms with Crippen molar-refractivity contribution in [3.05, 3.63) is 0 Å². The van der Waals surface area contributed by atoms with Crippen molar-refractivity contribution >= 4 is 15.9 Å². The van der Waals surface area contributed by atoms with E-state index in [1.807, 2.05) is 0 Å². The summed E-state index contributed by atoms with van der Waals surface area (Å²) in [5.41, 5.74) is 0. The van der Waals surface area contributed by atoms with Crippen LogP contribution in [0.25, 0.3) is 0 Å². The minimum atomic E-state index is -3.47. The number of amides is 1. The van der Waals surface area contributed by atoms with E-state index in [0.29, 0.717) is 12.3 Å². The van der Waals surface area contributed by atoms with E-state index >= 15 is 0 Å². The third-order valence-corrected chi connectivity index (χ3v) is 3.93. The van der Waals surface area contributed by atoms with Crippen LogP contribution in [0.2, 0.25) is 0 Å². The van der Waals surface area contributed by atoms with Gasteiger partial charge in [0.25, 0.3) is 0 Å². The second-order valence-corrected chi connectivity index (χ2v) is 6.51. The van der Waals surface area contributed by atoms with Crippen LogP contribution in [0.4, 0.5) is 0 Å². The van der Waals surface area contributed by atoms with Crippen molar-refractivity contribution in [2.45, 2.75) is 44.9 Å². The second-order valence-electron chi connectivity index (χ2n) is 4.78. The molecule has 0 saturated heterocycles. The van der Waals surface area contributed by atoms with Gasteiger partial charge in [0.2, 0.25) is 15.9 Å². The van der Waals surface area contributed by atoms with Gasteiger partial charge in [-0.2, -0.15) is 0 Å². The van der Waals surface area contributed by atoms with Gasteiger partial charge in [-0.1, -0.05) is 25.7 Å². The number of hydrogen-bond acceptors (Lipinski definition) is 3. The lowest BCUT2D eigenvalue weighted by atomic mass is 9.96. The fraction of sp³-hybridized carbons (Fsp3) is 0.909. The number of sulfonamides is 1. The Kier molecular flexibility index (Phi) is 5.91. The predicted octanol–water partition coefficient (Wildman–Crippen LogP) is 0.752. The minimum Gasteiger partial charge on any atom is -0.355 e. The fourth-order valence-electron chi connectivity index (χ4n) is 2.24. The van der Waals surface area contributed by atoms with E-state index < -0.39 is 10.0 Å². The topological polar surface area (TPSA) is 89.3 Å². The molecule has 5 nitrogen and oxygen atoms in total. The van der Waals surface area contributed by atoms with Gasteiger partial charge in [0.1, 0.15) is 0 Å². The van der Waals surface area contributed by atoms with Crippen LogP contribution in [0, 0.1) is 5.92 Å². The second kappa shape index (κ2) is 6.96. The van der Waals surface area contributed by atoms with E-state index in [1.54, 1.807) is 0 Å². The lowest BCUT2D eigenvalue weighted by Gasteiger charge is -2.13. The average molecular weight is 262 g/mol. The Balaban J connectivity index is 2.19. The normalized spacial score (nSPS) is 18.6. The average Bonchev–Trinajstić information content (AvgIpc) is 2.44. The van der Waals surface area contributed by atoms with Crippen molar-refractivity contribution in [2.75, 3.05) is 12.3 Å². The van der Waals surface area contributed by atoms with Crippen LogP contribution in [-0.2, 0) is 14.8 Å². The number of rotatable bonds is 5. The maximum Gasteiger partial charge on any atom is 0.220 e. The summed E-state index contributed by atoms with van der Waals surface area (Å²) >= 11 is 0. The lowest BCUT2D eigenvalue weighted by molar-refractivity contribution is -0.122. The summed E-state index contributed by atoms with van der Waals surface area (Å²) in [6, 6.07) is 0. The van der Waals surface area contributed by atoms with Gasteiger partial charge in [0, 0.05) is 13.0 Å². The van der Waals surface area contributed by atoms with Gasteiger partial charge in [-0.15, -0.1) is 0 Å². The Hall–Kier alpha value is -0.620. The highest BCUT2D eigenvalue weighted by molar-refractivity contribution is 7.89. The molecule has 17 heavy (non-hydrogen) atoms. The first-order valence-electron chi connectivity index (χ1n) is 6.24. The van der Waals surface area contributed by atoms with Crippen molar-refractivity contribution in [2.24, 2.45) is 11.1 Å². The molecule has 1 aliphatic carbocycles. The van der Waals surface area contributed by atoms with E-state index in [2.05, 4.69) is 5.32 Å². The highest BCUT2D eigenvalue weighted by Gasteiger charge is 2.16. The molecule has 1 amide bonds. The number of primary sulfonamides is 1. The Morgan fingerprint density at radius 2 is 1.76 bits per heavy atom. The molecule has 100 valence electrons. The van der Waals surface area contributed by atoms with Crippen LogP contribution in [0.15, 0.2) is 0 Å². The summed E-state index contributed by atoms with van der Waals surface area (Å²) < 4.78 is 21.3. The van der Waals surface area contributed by atoms with Crippen LogP contribution < -0.4 is 10.5 Å². The summed E-state index contributed by atoms with van der Waals surface area (Å²) in [5.74, 6) is 0.219. The first kappa shape index (κ1) is 14.4. The van der Waals surface area contributed by atoms with Gasteiger partial charge in [0.15, 0.2) is 0 Å². The van der Waals surface area contributed by atoms with Crippen LogP contribution in [-0.4, -0.2) is 26.6 Å². The molecular formula is C11H22N2O3S. The van der Waals surface area contributed by atoms with Gasteiger partial charge in [-0.25, -0.2) is 13.6 Å². The summed E-state index contributed by atoms with van der Waals surface area (Å²) in [5, 5.41) is 7.46. The van der Waals surface area contributed by atoms with E-state index in [1.165, 1.54) is 25.7 Å². The van der Waals surface area contributed by atoms with Gasteiger partial charge in [0.05, 0.1) is 5.75 Å². The molecule has 0 bridgehead atoms. The van der Waals surface area contributed by atoms with E-state index in [-0.39, 0.29) is 18.2 Å². The standard InChI is InChI=1S/C11H22N2O3S/c12-17(15,16)8-7-13-11(14)9-10-5-3-1-2-4-6-10/h10H,1-9H2,(H,13,14)(H2,12,15,16). The van der Waals surface area contributed by atoms with Gasteiger partial charge in [-0.05, 0) is 18.8 Å². The largest absolute Gasteiger partial charge is 0.355 e. The Labute approximate surface area is 103 Å². The molecule has 0 aromatic heterocycles.